The molecule has 0 radical (unpaired) electrons. The Labute approximate surface area is 156 Å². The van der Waals surface area contributed by atoms with Gasteiger partial charge in [0.15, 0.2) is 0 Å². The second-order valence-electron chi connectivity index (χ2n) is 7.10. The summed E-state index contributed by atoms with van der Waals surface area (Å²) in [5.74, 6) is 0.553. The molecule has 2 nitrogen and oxygen atoms in total. The molecule has 1 atom stereocenters. The standard InChI is InChI=1S/C24H29NO/c1-2-3-4-5-6-10-15-21(19-12-8-7-9-13-19)22-17-16-20-14-11-18-25-23(20)24(22)26/h7-9,11-14,16-18,21,26H,2-6,10,15H2,1H3. The lowest BCUT2D eigenvalue weighted by atomic mass is 9.85. The van der Waals surface area contributed by atoms with Gasteiger partial charge >= 0.3 is 0 Å². The van der Waals surface area contributed by atoms with Crippen molar-refractivity contribution in [2.24, 2.45) is 0 Å². The topological polar surface area (TPSA) is 33.1 Å². The van der Waals surface area contributed by atoms with E-state index in [1.807, 2.05) is 18.2 Å². The van der Waals surface area contributed by atoms with Crippen LogP contribution in [-0.4, -0.2) is 10.1 Å². The molecule has 0 aliphatic heterocycles. The van der Waals surface area contributed by atoms with Crippen molar-refractivity contribution in [2.75, 3.05) is 0 Å². The predicted molar refractivity (Wildman–Crippen MR) is 110 cm³/mol. The third-order valence-corrected chi connectivity index (χ3v) is 5.20. The number of aromatic hydroxyl groups is 1. The normalized spacial score (nSPS) is 12.3. The van der Waals surface area contributed by atoms with Crippen LogP contribution in [-0.2, 0) is 0 Å². The third-order valence-electron chi connectivity index (χ3n) is 5.20. The van der Waals surface area contributed by atoms with Gasteiger partial charge in [-0.05, 0) is 18.1 Å². The minimum Gasteiger partial charge on any atom is -0.505 e. The highest BCUT2D eigenvalue weighted by Gasteiger charge is 2.19. The number of fused-ring (bicyclic) bond motifs is 1. The van der Waals surface area contributed by atoms with E-state index in [9.17, 15) is 5.11 Å². The summed E-state index contributed by atoms with van der Waals surface area (Å²) >= 11 is 0. The smallest absolute Gasteiger partial charge is 0.145 e. The van der Waals surface area contributed by atoms with Crippen LogP contribution in [0.1, 0.15) is 68.9 Å². The first-order valence-electron chi connectivity index (χ1n) is 9.92. The molecular weight excluding hydrogens is 318 g/mol. The molecule has 1 N–H and O–H groups in total. The van der Waals surface area contributed by atoms with E-state index in [2.05, 4.69) is 48.3 Å². The Hall–Kier alpha value is -2.35. The summed E-state index contributed by atoms with van der Waals surface area (Å²) in [6, 6.07) is 18.6. The molecule has 1 heterocycles. The fraction of sp³-hybridized carbons (Fsp3) is 0.375. The van der Waals surface area contributed by atoms with E-state index in [1.54, 1.807) is 6.20 Å². The fourth-order valence-electron chi connectivity index (χ4n) is 3.74. The monoisotopic (exact) mass is 347 g/mol. The van der Waals surface area contributed by atoms with Gasteiger partial charge in [0, 0.05) is 23.1 Å². The highest BCUT2D eigenvalue weighted by atomic mass is 16.3. The summed E-state index contributed by atoms with van der Waals surface area (Å²) < 4.78 is 0. The first-order valence-corrected chi connectivity index (χ1v) is 9.92. The number of benzene rings is 2. The molecule has 0 saturated heterocycles. The van der Waals surface area contributed by atoms with Crippen molar-refractivity contribution in [3.8, 4) is 5.75 Å². The number of phenolic OH excluding ortho intramolecular Hbond substituents is 1. The van der Waals surface area contributed by atoms with E-state index >= 15 is 0 Å². The second kappa shape index (κ2) is 9.38. The molecule has 26 heavy (non-hydrogen) atoms. The Morgan fingerprint density at radius 3 is 2.42 bits per heavy atom. The number of pyridine rings is 1. The van der Waals surface area contributed by atoms with Crippen LogP contribution in [0.25, 0.3) is 10.9 Å². The van der Waals surface area contributed by atoms with Gasteiger partial charge in [0.05, 0.1) is 0 Å². The maximum absolute atomic E-state index is 10.9. The number of unbranched alkanes of at least 4 members (excludes halogenated alkanes) is 5. The van der Waals surface area contributed by atoms with E-state index in [4.69, 9.17) is 0 Å². The fourth-order valence-corrected chi connectivity index (χ4v) is 3.74. The van der Waals surface area contributed by atoms with Crippen LogP contribution in [0.15, 0.2) is 60.8 Å². The zero-order valence-corrected chi connectivity index (χ0v) is 15.7. The van der Waals surface area contributed by atoms with Crippen molar-refractivity contribution in [3.63, 3.8) is 0 Å². The Kier molecular flexibility index (Phi) is 6.65. The number of aromatic nitrogens is 1. The molecule has 1 aromatic heterocycles. The quantitative estimate of drug-likeness (QED) is 0.431. The largest absolute Gasteiger partial charge is 0.505 e. The van der Waals surface area contributed by atoms with Crippen LogP contribution >= 0.6 is 0 Å². The van der Waals surface area contributed by atoms with Gasteiger partial charge in [0.1, 0.15) is 11.3 Å². The van der Waals surface area contributed by atoms with Crippen LogP contribution < -0.4 is 0 Å². The van der Waals surface area contributed by atoms with Gasteiger partial charge < -0.3 is 5.11 Å². The number of hydrogen-bond acceptors (Lipinski definition) is 2. The molecule has 0 aliphatic carbocycles. The molecule has 0 fully saturated rings. The van der Waals surface area contributed by atoms with Crippen molar-refractivity contribution in [1.82, 2.24) is 4.98 Å². The Balaban J connectivity index is 1.83. The average molecular weight is 348 g/mol. The summed E-state index contributed by atoms with van der Waals surface area (Å²) in [4.78, 5) is 4.40. The summed E-state index contributed by atoms with van der Waals surface area (Å²) in [5, 5.41) is 11.9. The van der Waals surface area contributed by atoms with E-state index in [0.717, 1.165) is 17.4 Å². The predicted octanol–water partition coefficient (Wildman–Crippen LogP) is 6.82. The van der Waals surface area contributed by atoms with E-state index in [0.29, 0.717) is 11.3 Å². The lowest BCUT2D eigenvalue weighted by molar-refractivity contribution is 0.465. The van der Waals surface area contributed by atoms with Crippen LogP contribution in [0.5, 0.6) is 5.75 Å². The van der Waals surface area contributed by atoms with E-state index < -0.39 is 0 Å². The maximum atomic E-state index is 10.9. The molecule has 136 valence electrons. The molecule has 2 heteroatoms. The minimum atomic E-state index is 0.216. The van der Waals surface area contributed by atoms with Crippen molar-refractivity contribution < 1.29 is 5.11 Å². The summed E-state index contributed by atoms with van der Waals surface area (Å²) in [6.07, 6.45) is 10.5. The van der Waals surface area contributed by atoms with Crippen LogP contribution in [0.3, 0.4) is 0 Å². The third kappa shape index (κ3) is 4.43. The molecule has 0 amide bonds. The molecule has 0 spiro atoms. The van der Waals surface area contributed by atoms with Gasteiger partial charge in [-0.1, -0.05) is 94.0 Å². The summed E-state index contributed by atoms with van der Waals surface area (Å²) in [6.45, 7) is 2.25. The molecule has 0 aliphatic rings. The summed E-state index contributed by atoms with van der Waals surface area (Å²) in [7, 11) is 0. The SMILES string of the molecule is CCCCCCCCC(c1ccccc1)c1ccc2cccnc2c1O. The van der Waals surface area contributed by atoms with Crippen molar-refractivity contribution in [3.05, 3.63) is 71.9 Å². The highest BCUT2D eigenvalue weighted by molar-refractivity contribution is 5.85. The van der Waals surface area contributed by atoms with Gasteiger partial charge in [0.2, 0.25) is 0 Å². The van der Waals surface area contributed by atoms with Gasteiger partial charge in [-0.2, -0.15) is 0 Å². The van der Waals surface area contributed by atoms with Gasteiger partial charge in [0.25, 0.3) is 0 Å². The van der Waals surface area contributed by atoms with Crippen LogP contribution in [0.2, 0.25) is 0 Å². The van der Waals surface area contributed by atoms with E-state index in [-0.39, 0.29) is 5.92 Å². The lowest BCUT2D eigenvalue weighted by Crippen LogP contribution is -2.02. The van der Waals surface area contributed by atoms with Gasteiger partial charge in [-0.25, -0.2) is 0 Å². The molecule has 3 aromatic rings. The highest BCUT2D eigenvalue weighted by Crippen LogP contribution is 2.38. The Bertz CT molecular complexity index is 813. The lowest BCUT2D eigenvalue weighted by Gasteiger charge is -2.20. The average Bonchev–Trinajstić information content (AvgIpc) is 2.69. The molecular formula is C24H29NO. The first-order chi connectivity index (χ1) is 12.8. The van der Waals surface area contributed by atoms with Gasteiger partial charge in [-0.15, -0.1) is 0 Å². The Morgan fingerprint density at radius 1 is 0.846 bits per heavy atom. The van der Waals surface area contributed by atoms with E-state index in [1.165, 1.54) is 44.1 Å². The number of nitrogens with zero attached hydrogens (tertiary/aromatic N) is 1. The maximum Gasteiger partial charge on any atom is 0.145 e. The molecule has 2 aromatic carbocycles. The minimum absolute atomic E-state index is 0.216. The first kappa shape index (κ1) is 18.4. The summed E-state index contributed by atoms with van der Waals surface area (Å²) in [5.41, 5.74) is 2.97. The molecule has 0 bridgehead atoms. The van der Waals surface area contributed by atoms with Crippen molar-refractivity contribution in [2.45, 2.75) is 57.8 Å². The van der Waals surface area contributed by atoms with Crippen molar-refractivity contribution in [1.29, 1.82) is 0 Å². The van der Waals surface area contributed by atoms with Crippen LogP contribution in [0, 0.1) is 0 Å². The molecule has 0 saturated carbocycles. The van der Waals surface area contributed by atoms with Crippen LogP contribution in [0.4, 0.5) is 0 Å². The Morgan fingerprint density at radius 2 is 1.62 bits per heavy atom. The second-order valence-corrected chi connectivity index (χ2v) is 7.10. The zero-order chi connectivity index (χ0) is 18.2. The number of rotatable bonds is 9. The molecule has 1 unspecified atom stereocenters. The number of hydrogen-bond donors (Lipinski definition) is 1. The zero-order valence-electron chi connectivity index (χ0n) is 15.7. The molecule has 3 rings (SSSR count). The number of phenols is 1. The van der Waals surface area contributed by atoms with Gasteiger partial charge in [-0.3, -0.25) is 4.98 Å². The van der Waals surface area contributed by atoms with Crippen molar-refractivity contribution >= 4 is 10.9 Å².